The zero-order chi connectivity index (χ0) is 20.5. The highest BCUT2D eigenvalue weighted by Crippen LogP contribution is 2.26. The molecule has 2 aromatic rings. The summed E-state index contributed by atoms with van der Waals surface area (Å²) in [6, 6.07) is 15.5. The van der Waals surface area contributed by atoms with Crippen LogP contribution in [0, 0.1) is 0 Å². The minimum atomic E-state index is -3.57. The number of hydrogen-bond acceptors (Lipinski definition) is 3. The summed E-state index contributed by atoms with van der Waals surface area (Å²) in [5, 5.41) is 0. The number of amides is 1. The second-order valence-corrected chi connectivity index (χ2v) is 10.3. The Morgan fingerprint density at radius 3 is 2.21 bits per heavy atom. The Bertz CT molecular complexity index is 960. The average Bonchev–Trinajstić information content (AvgIpc) is 2.64. The average molecular weight is 401 g/mol. The largest absolute Gasteiger partial charge is 0.336 e. The lowest BCUT2D eigenvalue weighted by molar-refractivity contribution is -0.130. The highest BCUT2D eigenvalue weighted by molar-refractivity contribution is 7.92. The van der Waals surface area contributed by atoms with Crippen molar-refractivity contribution < 1.29 is 13.2 Å². The standard InChI is InChI=1S/C22H28N2O3S/c1-22(2,3)19-9-11-20(12-10-19)24(28(4,26)27)16-21(25)23-14-13-17-7-5-6-8-18(17)15-23/h5-12H,13-16H2,1-4H3. The molecule has 0 radical (unpaired) electrons. The van der Waals surface area contributed by atoms with Crippen molar-refractivity contribution in [1.82, 2.24) is 4.90 Å². The number of anilines is 1. The number of rotatable bonds is 4. The highest BCUT2D eigenvalue weighted by atomic mass is 32.2. The molecule has 0 aromatic heterocycles. The Hall–Kier alpha value is -2.34. The SMILES string of the molecule is CC(C)(C)c1ccc(N(CC(=O)N2CCc3ccccc3C2)S(C)(=O)=O)cc1. The summed E-state index contributed by atoms with van der Waals surface area (Å²) in [5.74, 6) is -0.181. The van der Waals surface area contributed by atoms with Crippen LogP contribution in [0.25, 0.3) is 0 Å². The van der Waals surface area contributed by atoms with E-state index in [1.807, 2.05) is 30.3 Å². The number of carbonyl (C=O) groups is 1. The molecule has 0 spiro atoms. The third kappa shape index (κ3) is 4.55. The quantitative estimate of drug-likeness (QED) is 0.791. The van der Waals surface area contributed by atoms with Crippen LogP contribution in [0.15, 0.2) is 48.5 Å². The molecule has 0 unspecified atom stereocenters. The molecule has 150 valence electrons. The molecule has 0 atom stereocenters. The van der Waals surface area contributed by atoms with Gasteiger partial charge in [-0.3, -0.25) is 9.10 Å². The Kier molecular flexibility index (Phi) is 5.53. The summed E-state index contributed by atoms with van der Waals surface area (Å²) in [7, 11) is -3.57. The maximum absolute atomic E-state index is 12.9. The smallest absolute Gasteiger partial charge is 0.243 e. The van der Waals surface area contributed by atoms with E-state index in [2.05, 4.69) is 26.8 Å². The molecule has 0 aliphatic carbocycles. The molecule has 1 aliphatic heterocycles. The van der Waals surface area contributed by atoms with E-state index in [1.165, 1.54) is 9.87 Å². The maximum atomic E-state index is 12.9. The van der Waals surface area contributed by atoms with Gasteiger partial charge in [0.1, 0.15) is 6.54 Å². The van der Waals surface area contributed by atoms with E-state index in [1.54, 1.807) is 17.0 Å². The maximum Gasteiger partial charge on any atom is 0.243 e. The Morgan fingerprint density at radius 1 is 1.04 bits per heavy atom. The predicted molar refractivity (Wildman–Crippen MR) is 113 cm³/mol. The van der Waals surface area contributed by atoms with Gasteiger partial charge in [-0.2, -0.15) is 0 Å². The van der Waals surface area contributed by atoms with Crippen molar-refractivity contribution in [1.29, 1.82) is 0 Å². The fourth-order valence-corrected chi connectivity index (χ4v) is 4.31. The molecule has 1 aliphatic rings. The monoisotopic (exact) mass is 400 g/mol. The second-order valence-electron chi connectivity index (χ2n) is 8.40. The summed E-state index contributed by atoms with van der Waals surface area (Å²) in [6.45, 7) is 7.26. The summed E-state index contributed by atoms with van der Waals surface area (Å²) >= 11 is 0. The first-order chi connectivity index (χ1) is 13.1. The fraction of sp³-hybridized carbons (Fsp3) is 0.409. The van der Waals surface area contributed by atoms with Crippen molar-refractivity contribution in [3.8, 4) is 0 Å². The summed E-state index contributed by atoms with van der Waals surface area (Å²) < 4.78 is 26.0. The van der Waals surface area contributed by atoms with Gasteiger partial charge in [-0.1, -0.05) is 57.2 Å². The molecule has 6 heteroatoms. The number of hydrogen-bond donors (Lipinski definition) is 0. The van der Waals surface area contributed by atoms with E-state index in [0.29, 0.717) is 18.8 Å². The molecule has 0 bridgehead atoms. The van der Waals surface area contributed by atoms with Gasteiger partial charge in [0.25, 0.3) is 0 Å². The summed E-state index contributed by atoms with van der Waals surface area (Å²) in [5.41, 5.74) is 3.99. The molecule has 28 heavy (non-hydrogen) atoms. The van der Waals surface area contributed by atoms with Crippen molar-refractivity contribution in [3.63, 3.8) is 0 Å². The normalized spacial score (nSPS) is 14.5. The van der Waals surface area contributed by atoms with E-state index < -0.39 is 10.0 Å². The molecule has 0 fully saturated rings. The van der Waals surface area contributed by atoms with Gasteiger partial charge in [0.15, 0.2) is 0 Å². The van der Waals surface area contributed by atoms with Crippen LogP contribution in [-0.2, 0) is 33.2 Å². The molecule has 1 amide bonds. The fourth-order valence-electron chi connectivity index (χ4n) is 3.46. The first kappa shape index (κ1) is 20.4. The van der Waals surface area contributed by atoms with Crippen LogP contribution in [0.2, 0.25) is 0 Å². The molecular weight excluding hydrogens is 372 g/mol. The lowest BCUT2D eigenvalue weighted by Gasteiger charge is -2.31. The van der Waals surface area contributed by atoms with Crippen molar-refractivity contribution in [2.24, 2.45) is 0 Å². The van der Waals surface area contributed by atoms with Gasteiger partial charge in [-0.15, -0.1) is 0 Å². The van der Waals surface area contributed by atoms with E-state index in [0.717, 1.165) is 23.8 Å². The highest BCUT2D eigenvalue weighted by Gasteiger charge is 2.26. The van der Waals surface area contributed by atoms with Crippen molar-refractivity contribution in [2.45, 2.75) is 39.2 Å². The van der Waals surface area contributed by atoms with Crippen molar-refractivity contribution in [2.75, 3.05) is 23.7 Å². The molecule has 5 nitrogen and oxygen atoms in total. The Balaban J connectivity index is 1.79. The molecule has 0 N–H and O–H groups in total. The number of sulfonamides is 1. The number of nitrogens with zero attached hydrogens (tertiary/aromatic N) is 2. The molecule has 3 rings (SSSR count). The van der Waals surface area contributed by atoms with Gasteiger partial charge < -0.3 is 4.90 Å². The van der Waals surface area contributed by atoms with Crippen LogP contribution in [-0.4, -0.2) is 38.6 Å². The first-order valence-corrected chi connectivity index (χ1v) is 11.3. The van der Waals surface area contributed by atoms with E-state index >= 15 is 0 Å². The van der Waals surface area contributed by atoms with Crippen LogP contribution in [0.4, 0.5) is 5.69 Å². The third-order valence-electron chi connectivity index (χ3n) is 5.18. The zero-order valence-electron chi connectivity index (χ0n) is 17.0. The molecule has 1 heterocycles. The number of carbonyl (C=O) groups excluding carboxylic acids is 1. The lowest BCUT2D eigenvalue weighted by Crippen LogP contribution is -2.44. The van der Waals surface area contributed by atoms with E-state index in [9.17, 15) is 13.2 Å². The van der Waals surface area contributed by atoms with E-state index in [-0.39, 0.29) is 17.9 Å². The van der Waals surface area contributed by atoms with Gasteiger partial charge in [0, 0.05) is 13.1 Å². The minimum absolute atomic E-state index is 0.0224. The summed E-state index contributed by atoms with van der Waals surface area (Å²) in [6.07, 6.45) is 1.94. The van der Waals surface area contributed by atoms with Crippen LogP contribution < -0.4 is 4.31 Å². The Morgan fingerprint density at radius 2 is 1.64 bits per heavy atom. The van der Waals surface area contributed by atoms with E-state index in [4.69, 9.17) is 0 Å². The molecule has 0 saturated heterocycles. The van der Waals surface area contributed by atoms with Gasteiger partial charge in [0.2, 0.25) is 15.9 Å². The van der Waals surface area contributed by atoms with Crippen molar-refractivity contribution in [3.05, 3.63) is 65.2 Å². The van der Waals surface area contributed by atoms with Gasteiger partial charge >= 0.3 is 0 Å². The molecule has 0 saturated carbocycles. The number of fused-ring (bicyclic) bond motifs is 1. The minimum Gasteiger partial charge on any atom is -0.336 e. The predicted octanol–water partition coefficient (Wildman–Crippen LogP) is 3.34. The summed E-state index contributed by atoms with van der Waals surface area (Å²) in [4.78, 5) is 14.6. The van der Waals surface area contributed by atoms with Crippen molar-refractivity contribution >= 4 is 21.6 Å². The topological polar surface area (TPSA) is 57.7 Å². The van der Waals surface area contributed by atoms with Gasteiger partial charge in [-0.05, 0) is 40.7 Å². The van der Waals surface area contributed by atoms with Crippen LogP contribution in [0.5, 0.6) is 0 Å². The van der Waals surface area contributed by atoms with Gasteiger partial charge in [0.05, 0.1) is 11.9 Å². The number of benzene rings is 2. The van der Waals surface area contributed by atoms with Crippen LogP contribution in [0.1, 0.15) is 37.5 Å². The van der Waals surface area contributed by atoms with Gasteiger partial charge in [-0.25, -0.2) is 8.42 Å². The molecular formula is C22H28N2O3S. The third-order valence-corrected chi connectivity index (χ3v) is 6.32. The van der Waals surface area contributed by atoms with Crippen LogP contribution >= 0.6 is 0 Å². The first-order valence-electron chi connectivity index (χ1n) is 9.48. The van der Waals surface area contributed by atoms with Crippen LogP contribution in [0.3, 0.4) is 0 Å². The lowest BCUT2D eigenvalue weighted by atomic mass is 9.87. The zero-order valence-corrected chi connectivity index (χ0v) is 17.8. The Labute approximate surface area is 168 Å². The second kappa shape index (κ2) is 7.59. The molecule has 2 aromatic carbocycles.